The van der Waals surface area contributed by atoms with Gasteiger partial charge in [0.2, 0.25) is 0 Å². The second kappa shape index (κ2) is 5.50. The largest absolute Gasteiger partial charge is 0.389 e. The van der Waals surface area contributed by atoms with Gasteiger partial charge < -0.3 is 5.11 Å². The van der Waals surface area contributed by atoms with Crippen LogP contribution in [0.3, 0.4) is 0 Å². The molecule has 82 valence electrons. The molecule has 0 aliphatic heterocycles. The van der Waals surface area contributed by atoms with Gasteiger partial charge in [-0.3, -0.25) is 4.79 Å². The molecule has 0 radical (unpaired) electrons. The quantitative estimate of drug-likeness (QED) is 0.753. The molecule has 0 atom stereocenters. The second-order valence-electron chi connectivity index (χ2n) is 4.97. The van der Waals surface area contributed by atoms with Crippen molar-refractivity contribution < 1.29 is 9.90 Å². The molecule has 0 bridgehead atoms. The van der Waals surface area contributed by atoms with Crippen molar-refractivity contribution in [3.63, 3.8) is 0 Å². The molecule has 0 spiro atoms. The van der Waals surface area contributed by atoms with Crippen molar-refractivity contribution in [2.24, 2.45) is 17.8 Å². The number of aliphatic hydroxyl groups is 1. The fraction of sp³-hybridized carbons (Fsp3) is 0.917. The minimum absolute atomic E-state index is 0.0491. The number of aliphatic hydroxyl groups excluding tert-OH is 1. The first-order valence-corrected chi connectivity index (χ1v) is 5.77. The highest BCUT2D eigenvalue weighted by atomic mass is 16.3. The zero-order valence-corrected chi connectivity index (χ0v) is 9.33. The van der Waals surface area contributed by atoms with Gasteiger partial charge in [0.1, 0.15) is 6.61 Å². The summed E-state index contributed by atoms with van der Waals surface area (Å²) in [5.41, 5.74) is 0. The van der Waals surface area contributed by atoms with Crippen LogP contribution in [0.4, 0.5) is 0 Å². The number of hydrogen-bond acceptors (Lipinski definition) is 2. The summed E-state index contributed by atoms with van der Waals surface area (Å²) in [6, 6.07) is 0. The van der Waals surface area contributed by atoms with Crippen molar-refractivity contribution in [3.05, 3.63) is 0 Å². The van der Waals surface area contributed by atoms with Crippen LogP contribution in [0.5, 0.6) is 0 Å². The Kier molecular flexibility index (Phi) is 4.59. The summed E-state index contributed by atoms with van der Waals surface area (Å²) in [6.45, 7) is 4.25. The molecule has 0 saturated heterocycles. The van der Waals surface area contributed by atoms with E-state index in [1.807, 2.05) is 0 Å². The smallest absolute Gasteiger partial charge is 0.161 e. The van der Waals surface area contributed by atoms with Crippen LogP contribution in [0.15, 0.2) is 0 Å². The van der Waals surface area contributed by atoms with Crippen LogP contribution in [0, 0.1) is 17.8 Å². The number of carbonyl (C=O) groups is 1. The molecule has 0 unspecified atom stereocenters. The molecule has 1 saturated carbocycles. The molecule has 1 aliphatic rings. The molecule has 14 heavy (non-hydrogen) atoms. The number of rotatable bonds is 4. The first-order valence-electron chi connectivity index (χ1n) is 5.77. The minimum atomic E-state index is -0.264. The maximum atomic E-state index is 11.2. The molecule has 2 heteroatoms. The van der Waals surface area contributed by atoms with E-state index in [2.05, 4.69) is 13.8 Å². The number of ketones is 1. The summed E-state index contributed by atoms with van der Waals surface area (Å²) in [5.74, 6) is 1.79. The number of carbonyl (C=O) groups excluding carboxylic acids is 1. The summed E-state index contributed by atoms with van der Waals surface area (Å²) < 4.78 is 0. The second-order valence-corrected chi connectivity index (χ2v) is 4.97. The molecule has 1 fully saturated rings. The highest BCUT2D eigenvalue weighted by Crippen LogP contribution is 2.32. The van der Waals surface area contributed by atoms with E-state index < -0.39 is 0 Å². The number of Topliss-reactive ketones (excluding diaryl/α,β-unsaturated/α-hetero) is 1. The molecule has 2 nitrogen and oxygen atoms in total. The van der Waals surface area contributed by atoms with Crippen LogP contribution >= 0.6 is 0 Å². The Morgan fingerprint density at radius 2 is 1.86 bits per heavy atom. The van der Waals surface area contributed by atoms with E-state index in [0.717, 1.165) is 24.7 Å². The van der Waals surface area contributed by atoms with Gasteiger partial charge in [-0.05, 0) is 43.9 Å². The molecule has 0 aromatic heterocycles. The Labute approximate surface area is 86.7 Å². The molecular weight excluding hydrogens is 176 g/mol. The van der Waals surface area contributed by atoms with Crippen LogP contribution in [-0.4, -0.2) is 17.5 Å². The van der Waals surface area contributed by atoms with Gasteiger partial charge in [0.25, 0.3) is 0 Å². The van der Waals surface area contributed by atoms with Gasteiger partial charge in [0, 0.05) is 5.92 Å². The Bertz CT molecular complexity index is 179. The van der Waals surface area contributed by atoms with E-state index in [4.69, 9.17) is 5.11 Å². The van der Waals surface area contributed by atoms with Crippen LogP contribution in [0.1, 0.15) is 46.0 Å². The number of hydrogen-bond donors (Lipinski definition) is 1. The molecular formula is C12H22O2. The van der Waals surface area contributed by atoms with Gasteiger partial charge in [-0.1, -0.05) is 13.8 Å². The summed E-state index contributed by atoms with van der Waals surface area (Å²) in [6.07, 6.45) is 5.64. The van der Waals surface area contributed by atoms with Gasteiger partial charge >= 0.3 is 0 Å². The molecule has 1 rings (SSSR count). The minimum Gasteiger partial charge on any atom is -0.389 e. The van der Waals surface area contributed by atoms with E-state index in [9.17, 15) is 4.79 Å². The molecule has 0 aromatic rings. The summed E-state index contributed by atoms with van der Waals surface area (Å²) in [4.78, 5) is 11.2. The highest BCUT2D eigenvalue weighted by Gasteiger charge is 2.25. The Morgan fingerprint density at radius 1 is 1.29 bits per heavy atom. The zero-order valence-electron chi connectivity index (χ0n) is 9.33. The van der Waals surface area contributed by atoms with Crippen molar-refractivity contribution in [3.8, 4) is 0 Å². The molecule has 0 aromatic carbocycles. The normalized spacial score (nSPS) is 28.0. The lowest BCUT2D eigenvalue weighted by molar-refractivity contribution is -0.126. The predicted octanol–water partition coefficient (Wildman–Crippen LogP) is 2.40. The van der Waals surface area contributed by atoms with Gasteiger partial charge in [-0.15, -0.1) is 0 Å². The van der Waals surface area contributed by atoms with Gasteiger partial charge in [-0.2, -0.15) is 0 Å². The molecule has 0 heterocycles. The van der Waals surface area contributed by atoms with Crippen molar-refractivity contribution in [1.29, 1.82) is 0 Å². The van der Waals surface area contributed by atoms with E-state index in [-0.39, 0.29) is 18.3 Å². The van der Waals surface area contributed by atoms with Crippen molar-refractivity contribution in [2.75, 3.05) is 6.61 Å². The Balaban J connectivity index is 2.27. The maximum Gasteiger partial charge on any atom is 0.161 e. The van der Waals surface area contributed by atoms with E-state index in [0.29, 0.717) is 0 Å². The summed E-state index contributed by atoms with van der Waals surface area (Å²) in [7, 11) is 0. The standard InChI is InChI=1S/C12H22O2/c1-9(2)7-10-3-5-11(6-4-10)12(14)8-13/h9-11,13H,3-8H2,1-2H3. The van der Waals surface area contributed by atoms with Crippen molar-refractivity contribution >= 4 is 5.78 Å². The molecule has 1 aliphatic carbocycles. The Morgan fingerprint density at radius 3 is 2.29 bits per heavy atom. The monoisotopic (exact) mass is 198 g/mol. The first kappa shape index (κ1) is 11.7. The maximum absolute atomic E-state index is 11.2. The highest BCUT2D eigenvalue weighted by molar-refractivity contribution is 5.81. The topological polar surface area (TPSA) is 37.3 Å². The lowest BCUT2D eigenvalue weighted by Gasteiger charge is -2.28. The summed E-state index contributed by atoms with van der Waals surface area (Å²) >= 11 is 0. The third-order valence-corrected chi connectivity index (χ3v) is 3.26. The van der Waals surface area contributed by atoms with E-state index in [1.165, 1.54) is 19.3 Å². The average molecular weight is 198 g/mol. The van der Waals surface area contributed by atoms with Gasteiger partial charge in [0.05, 0.1) is 0 Å². The van der Waals surface area contributed by atoms with Crippen LogP contribution in [-0.2, 0) is 4.79 Å². The fourth-order valence-electron chi connectivity index (χ4n) is 2.52. The molecule has 0 amide bonds. The van der Waals surface area contributed by atoms with Crippen molar-refractivity contribution in [1.82, 2.24) is 0 Å². The van der Waals surface area contributed by atoms with E-state index in [1.54, 1.807) is 0 Å². The zero-order chi connectivity index (χ0) is 10.6. The molecule has 1 N–H and O–H groups in total. The lowest BCUT2D eigenvalue weighted by atomic mass is 9.77. The first-order chi connectivity index (χ1) is 6.63. The van der Waals surface area contributed by atoms with Crippen molar-refractivity contribution in [2.45, 2.75) is 46.0 Å². The van der Waals surface area contributed by atoms with Crippen LogP contribution in [0.25, 0.3) is 0 Å². The van der Waals surface area contributed by atoms with Gasteiger partial charge in [-0.25, -0.2) is 0 Å². The fourth-order valence-corrected chi connectivity index (χ4v) is 2.52. The van der Waals surface area contributed by atoms with Crippen LogP contribution in [0.2, 0.25) is 0 Å². The summed E-state index contributed by atoms with van der Waals surface area (Å²) in [5, 5.41) is 8.75. The lowest BCUT2D eigenvalue weighted by Crippen LogP contribution is -2.24. The SMILES string of the molecule is CC(C)CC1CCC(C(=O)CO)CC1. The third kappa shape index (κ3) is 3.41. The van der Waals surface area contributed by atoms with Gasteiger partial charge in [0.15, 0.2) is 5.78 Å². The average Bonchev–Trinajstić information content (AvgIpc) is 2.17. The van der Waals surface area contributed by atoms with Crippen LogP contribution < -0.4 is 0 Å². The third-order valence-electron chi connectivity index (χ3n) is 3.26. The Hall–Kier alpha value is -0.370. The predicted molar refractivity (Wildman–Crippen MR) is 57.0 cm³/mol. The van der Waals surface area contributed by atoms with E-state index >= 15 is 0 Å².